The predicted molar refractivity (Wildman–Crippen MR) is 139 cm³/mol. The number of amides is 3. The number of carbonyl (C=O) groups is 3. The zero-order valence-corrected chi connectivity index (χ0v) is 21.3. The second-order valence-corrected chi connectivity index (χ2v) is 10.2. The van der Waals surface area contributed by atoms with Gasteiger partial charge in [-0.25, -0.2) is 0 Å². The van der Waals surface area contributed by atoms with E-state index in [4.69, 9.17) is 28.9 Å². The molecular weight excluding hydrogens is 487 g/mol. The molecule has 2 aromatic rings. The Labute approximate surface area is 215 Å². The van der Waals surface area contributed by atoms with E-state index in [0.717, 1.165) is 25.7 Å². The van der Waals surface area contributed by atoms with Gasteiger partial charge in [0.15, 0.2) is 0 Å². The van der Waals surface area contributed by atoms with Crippen LogP contribution in [0.25, 0.3) is 0 Å². The summed E-state index contributed by atoms with van der Waals surface area (Å²) in [7, 11) is 0. The highest BCUT2D eigenvalue weighted by Gasteiger charge is 2.40. The Kier molecular flexibility index (Phi) is 7.69. The van der Waals surface area contributed by atoms with E-state index in [1.54, 1.807) is 30.3 Å². The van der Waals surface area contributed by atoms with E-state index in [1.807, 2.05) is 13.8 Å². The maximum atomic E-state index is 13.7. The Balaban J connectivity index is 1.70. The van der Waals surface area contributed by atoms with Gasteiger partial charge in [-0.2, -0.15) is 0 Å². The number of nitrogens with two attached hydrogens (primary N) is 1. The molecule has 0 radical (unpaired) electrons. The quantitative estimate of drug-likeness (QED) is 0.519. The molecule has 1 heterocycles. The van der Waals surface area contributed by atoms with Gasteiger partial charge < -0.3 is 16.4 Å². The van der Waals surface area contributed by atoms with Crippen LogP contribution in [0.1, 0.15) is 66.7 Å². The van der Waals surface area contributed by atoms with E-state index in [9.17, 15) is 14.4 Å². The number of fused-ring (bicyclic) bond motifs is 1. The number of rotatable bonds is 5. The molecule has 3 amide bonds. The summed E-state index contributed by atoms with van der Waals surface area (Å²) in [6, 6.07) is 8.73. The van der Waals surface area contributed by atoms with E-state index < -0.39 is 11.9 Å². The average Bonchev–Trinajstić information content (AvgIpc) is 2.83. The summed E-state index contributed by atoms with van der Waals surface area (Å²) in [5.74, 6) is -1.09. The van der Waals surface area contributed by atoms with Crippen molar-refractivity contribution in [1.29, 1.82) is 0 Å². The molecule has 4 unspecified atom stereocenters. The molecule has 4 rings (SSSR count). The molecule has 1 saturated carbocycles. The van der Waals surface area contributed by atoms with Crippen LogP contribution in [-0.2, 0) is 4.79 Å². The zero-order chi connectivity index (χ0) is 25.3. The molecule has 9 heteroatoms. The number of hydrogen-bond acceptors (Lipinski definition) is 4. The van der Waals surface area contributed by atoms with Gasteiger partial charge in [-0.05, 0) is 55.2 Å². The fourth-order valence-corrected chi connectivity index (χ4v) is 5.31. The Hall–Kier alpha value is -2.61. The first-order chi connectivity index (χ1) is 16.7. The van der Waals surface area contributed by atoms with Crippen LogP contribution >= 0.6 is 23.2 Å². The van der Waals surface area contributed by atoms with Gasteiger partial charge in [-0.1, -0.05) is 56.3 Å². The minimum Gasteiger partial charge on any atom is -0.348 e. The molecule has 0 saturated heterocycles. The molecule has 7 nitrogen and oxygen atoms in total. The van der Waals surface area contributed by atoms with Gasteiger partial charge in [0.05, 0.1) is 22.0 Å². The predicted octanol–water partition coefficient (Wildman–Crippen LogP) is 5.01. The third-order valence-electron chi connectivity index (χ3n) is 7.02. The van der Waals surface area contributed by atoms with Crippen molar-refractivity contribution < 1.29 is 14.4 Å². The number of nitrogens with one attached hydrogen (secondary N) is 2. The van der Waals surface area contributed by atoms with Gasteiger partial charge in [0.1, 0.15) is 6.04 Å². The van der Waals surface area contributed by atoms with Gasteiger partial charge in [0.25, 0.3) is 11.8 Å². The maximum absolute atomic E-state index is 13.7. The van der Waals surface area contributed by atoms with Crippen LogP contribution in [0, 0.1) is 5.92 Å². The highest BCUT2D eigenvalue weighted by atomic mass is 35.5. The lowest BCUT2D eigenvalue weighted by Gasteiger charge is -2.39. The SMILES string of the molecule is CCC(C)C1C(=O)Nc2cc(C(=O)NC3CCCCC3N)ccc2N1C(=O)c1ccc(Cl)cc1Cl. The van der Waals surface area contributed by atoms with E-state index in [0.29, 0.717) is 28.4 Å². The number of nitrogens with zero attached hydrogens (tertiary/aromatic N) is 1. The molecule has 35 heavy (non-hydrogen) atoms. The monoisotopic (exact) mass is 516 g/mol. The van der Waals surface area contributed by atoms with E-state index in [1.165, 1.54) is 11.0 Å². The van der Waals surface area contributed by atoms with Crippen LogP contribution in [0.2, 0.25) is 10.0 Å². The van der Waals surface area contributed by atoms with Gasteiger partial charge in [-0.15, -0.1) is 0 Å². The molecule has 1 aliphatic carbocycles. The molecule has 186 valence electrons. The topological polar surface area (TPSA) is 105 Å². The number of anilines is 2. The van der Waals surface area contributed by atoms with Gasteiger partial charge in [0, 0.05) is 22.7 Å². The Morgan fingerprint density at radius 2 is 1.91 bits per heavy atom. The van der Waals surface area contributed by atoms with E-state index in [2.05, 4.69) is 10.6 Å². The first kappa shape index (κ1) is 25.5. The van der Waals surface area contributed by atoms with Crippen molar-refractivity contribution in [3.8, 4) is 0 Å². The second-order valence-electron chi connectivity index (χ2n) is 9.38. The lowest BCUT2D eigenvalue weighted by molar-refractivity contribution is -0.118. The Morgan fingerprint density at radius 1 is 1.17 bits per heavy atom. The second kappa shape index (κ2) is 10.6. The molecule has 2 aliphatic rings. The van der Waals surface area contributed by atoms with Crippen molar-refractivity contribution in [1.82, 2.24) is 5.32 Å². The summed E-state index contributed by atoms with van der Waals surface area (Å²) in [4.78, 5) is 41.4. The maximum Gasteiger partial charge on any atom is 0.260 e. The molecule has 2 aromatic carbocycles. The molecule has 4 atom stereocenters. The van der Waals surface area contributed by atoms with Crippen LogP contribution in [-0.4, -0.2) is 35.8 Å². The Bertz CT molecular complexity index is 1160. The van der Waals surface area contributed by atoms with Crippen molar-refractivity contribution in [2.75, 3.05) is 10.2 Å². The van der Waals surface area contributed by atoms with Gasteiger partial charge in [-0.3, -0.25) is 19.3 Å². The largest absolute Gasteiger partial charge is 0.348 e. The van der Waals surface area contributed by atoms with Crippen LogP contribution in [0.15, 0.2) is 36.4 Å². The minimum absolute atomic E-state index is 0.0708. The molecule has 4 N–H and O–H groups in total. The van der Waals surface area contributed by atoms with Crippen LogP contribution in [0.4, 0.5) is 11.4 Å². The van der Waals surface area contributed by atoms with E-state index >= 15 is 0 Å². The smallest absolute Gasteiger partial charge is 0.260 e. The number of carbonyl (C=O) groups excluding carboxylic acids is 3. The zero-order valence-electron chi connectivity index (χ0n) is 19.8. The van der Waals surface area contributed by atoms with Crippen LogP contribution in [0.3, 0.4) is 0 Å². The molecule has 0 bridgehead atoms. The van der Waals surface area contributed by atoms with Crippen LogP contribution in [0.5, 0.6) is 0 Å². The normalized spacial score (nSPS) is 22.7. The van der Waals surface area contributed by atoms with Crippen molar-refractivity contribution in [3.05, 3.63) is 57.6 Å². The summed E-state index contributed by atoms with van der Waals surface area (Å²) in [5, 5.41) is 6.54. The minimum atomic E-state index is -0.730. The average molecular weight is 517 g/mol. The summed E-state index contributed by atoms with van der Waals surface area (Å²) < 4.78 is 0. The lowest BCUT2D eigenvalue weighted by Crippen LogP contribution is -2.54. The Morgan fingerprint density at radius 3 is 2.60 bits per heavy atom. The number of benzene rings is 2. The van der Waals surface area contributed by atoms with Crippen molar-refractivity contribution in [2.45, 2.75) is 64.1 Å². The molecule has 0 spiro atoms. The molecular formula is C26H30Cl2N4O3. The summed E-state index contributed by atoms with van der Waals surface area (Å²) >= 11 is 12.4. The first-order valence-electron chi connectivity index (χ1n) is 12.0. The standard InChI is InChI=1S/C26H30Cl2N4O3/c1-3-14(2)23-25(34)31-21-12-15(24(33)30-20-7-5-4-6-19(20)29)8-11-22(21)32(23)26(35)17-10-9-16(27)13-18(17)28/h8-14,19-20,23H,3-7,29H2,1-2H3,(H,30,33)(H,31,34). The number of hydrogen-bond donors (Lipinski definition) is 3. The highest BCUT2D eigenvalue weighted by Crippen LogP contribution is 2.38. The fourth-order valence-electron chi connectivity index (χ4n) is 4.82. The molecule has 1 fully saturated rings. The fraction of sp³-hybridized carbons (Fsp3) is 0.423. The summed E-state index contributed by atoms with van der Waals surface area (Å²) in [6.07, 6.45) is 4.51. The van der Waals surface area contributed by atoms with Gasteiger partial charge in [0.2, 0.25) is 5.91 Å². The summed E-state index contributed by atoms with van der Waals surface area (Å²) in [6.45, 7) is 3.89. The van der Waals surface area contributed by atoms with Gasteiger partial charge >= 0.3 is 0 Å². The molecule has 1 aliphatic heterocycles. The van der Waals surface area contributed by atoms with E-state index in [-0.39, 0.29) is 40.4 Å². The lowest BCUT2D eigenvalue weighted by atomic mass is 9.90. The van der Waals surface area contributed by atoms with Crippen molar-refractivity contribution >= 4 is 52.3 Å². The third kappa shape index (κ3) is 5.17. The van der Waals surface area contributed by atoms with Crippen molar-refractivity contribution in [2.24, 2.45) is 11.7 Å². The van der Waals surface area contributed by atoms with Crippen LogP contribution < -0.4 is 21.3 Å². The highest BCUT2D eigenvalue weighted by molar-refractivity contribution is 6.37. The molecule has 0 aromatic heterocycles. The first-order valence-corrected chi connectivity index (χ1v) is 12.8. The summed E-state index contributed by atoms with van der Waals surface area (Å²) in [5.41, 5.74) is 7.73. The van der Waals surface area contributed by atoms with Crippen molar-refractivity contribution in [3.63, 3.8) is 0 Å². The third-order valence-corrected chi connectivity index (χ3v) is 7.57. The number of halogens is 2.